The van der Waals surface area contributed by atoms with Crippen LogP contribution in [0, 0.1) is 5.92 Å². The summed E-state index contributed by atoms with van der Waals surface area (Å²) in [5.41, 5.74) is 0.933. The Balaban J connectivity index is 2.41. The minimum Gasteiger partial charge on any atom is -0.456 e. The molecule has 1 rings (SSSR count). The number of carbonyl (C=O) groups excluding carboxylic acids is 1. The molecule has 0 aromatic carbocycles. The van der Waals surface area contributed by atoms with Gasteiger partial charge in [0, 0.05) is 12.6 Å². The first kappa shape index (κ1) is 10.8. The summed E-state index contributed by atoms with van der Waals surface area (Å²) in [7, 11) is 0. The number of H-pyrrole nitrogens is 1. The minimum atomic E-state index is -0.184. The molecule has 78 valence electrons. The van der Waals surface area contributed by atoms with Crippen molar-refractivity contribution < 1.29 is 9.53 Å². The molecule has 3 nitrogen and oxygen atoms in total. The van der Waals surface area contributed by atoms with E-state index in [1.807, 2.05) is 39.1 Å². The number of ether oxygens (including phenoxy) is 1. The van der Waals surface area contributed by atoms with Gasteiger partial charge in [0.05, 0.1) is 5.69 Å². The Hall–Kier alpha value is -1.25. The third-order valence-electron chi connectivity index (χ3n) is 1.94. The van der Waals surface area contributed by atoms with Crippen molar-refractivity contribution in [2.24, 2.45) is 5.92 Å². The number of rotatable bonds is 4. The lowest BCUT2D eigenvalue weighted by Gasteiger charge is -2.12. The van der Waals surface area contributed by atoms with Gasteiger partial charge in [0.15, 0.2) is 0 Å². The smallest absolute Gasteiger partial charge is 0.306 e. The second-order valence-electron chi connectivity index (χ2n) is 3.86. The molecule has 1 aromatic heterocycles. The van der Waals surface area contributed by atoms with Crippen LogP contribution in [0.2, 0.25) is 0 Å². The molecule has 0 saturated carbocycles. The summed E-state index contributed by atoms with van der Waals surface area (Å²) in [4.78, 5) is 14.3. The molecule has 0 aliphatic heterocycles. The lowest BCUT2D eigenvalue weighted by atomic mass is 10.1. The molecule has 1 N–H and O–H groups in total. The van der Waals surface area contributed by atoms with Crippen molar-refractivity contribution in [1.82, 2.24) is 4.98 Å². The highest BCUT2D eigenvalue weighted by atomic mass is 16.5. The second-order valence-corrected chi connectivity index (χ2v) is 3.86. The molecular weight excluding hydrogens is 178 g/mol. The molecule has 1 atom stereocenters. The fourth-order valence-corrected chi connectivity index (χ4v) is 1.24. The molecule has 0 amide bonds. The van der Waals surface area contributed by atoms with E-state index in [0.29, 0.717) is 12.3 Å². The Labute approximate surface area is 84.5 Å². The molecule has 0 saturated heterocycles. The molecule has 3 heteroatoms. The van der Waals surface area contributed by atoms with E-state index < -0.39 is 0 Å². The van der Waals surface area contributed by atoms with Gasteiger partial charge >= 0.3 is 5.97 Å². The van der Waals surface area contributed by atoms with Crippen molar-refractivity contribution in [3.05, 3.63) is 24.0 Å². The fraction of sp³-hybridized carbons (Fsp3) is 0.545. The first-order chi connectivity index (χ1) is 6.59. The van der Waals surface area contributed by atoms with Crippen molar-refractivity contribution in [3.8, 4) is 0 Å². The summed E-state index contributed by atoms with van der Waals surface area (Å²) < 4.78 is 5.24. The predicted molar refractivity (Wildman–Crippen MR) is 54.8 cm³/mol. The molecule has 1 heterocycles. The van der Waals surface area contributed by atoms with Gasteiger partial charge in [-0.2, -0.15) is 0 Å². The van der Waals surface area contributed by atoms with E-state index in [0.717, 1.165) is 5.69 Å². The van der Waals surface area contributed by atoms with E-state index in [2.05, 4.69) is 4.98 Å². The van der Waals surface area contributed by atoms with Gasteiger partial charge in [-0.15, -0.1) is 0 Å². The number of hydrogen-bond acceptors (Lipinski definition) is 2. The van der Waals surface area contributed by atoms with Crippen LogP contribution in [-0.4, -0.2) is 11.0 Å². The maximum Gasteiger partial charge on any atom is 0.306 e. The Morgan fingerprint density at radius 1 is 1.50 bits per heavy atom. The van der Waals surface area contributed by atoms with E-state index in [1.165, 1.54) is 0 Å². The van der Waals surface area contributed by atoms with Crippen molar-refractivity contribution in [3.63, 3.8) is 0 Å². The average Bonchev–Trinajstić information content (AvgIpc) is 2.53. The van der Waals surface area contributed by atoms with Crippen molar-refractivity contribution >= 4 is 5.97 Å². The Morgan fingerprint density at radius 2 is 2.21 bits per heavy atom. The van der Waals surface area contributed by atoms with Crippen molar-refractivity contribution in [1.29, 1.82) is 0 Å². The third kappa shape index (κ3) is 3.24. The molecule has 0 aliphatic carbocycles. The van der Waals surface area contributed by atoms with Crippen molar-refractivity contribution in [2.75, 3.05) is 0 Å². The summed E-state index contributed by atoms with van der Waals surface area (Å²) in [6.07, 6.45) is 2.11. The largest absolute Gasteiger partial charge is 0.456 e. The molecule has 0 bridgehead atoms. The van der Waals surface area contributed by atoms with Gasteiger partial charge in [-0.1, -0.05) is 13.8 Å². The van der Waals surface area contributed by atoms with Gasteiger partial charge in [-0.3, -0.25) is 4.79 Å². The lowest BCUT2D eigenvalue weighted by Crippen LogP contribution is -2.11. The van der Waals surface area contributed by atoms with Gasteiger partial charge in [0.25, 0.3) is 0 Å². The first-order valence-electron chi connectivity index (χ1n) is 4.92. The number of esters is 1. The number of aromatic amines is 1. The quantitative estimate of drug-likeness (QED) is 0.750. The highest BCUT2D eigenvalue weighted by Gasteiger charge is 2.12. The summed E-state index contributed by atoms with van der Waals surface area (Å²) in [5.74, 6) is 0.209. The van der Waals surface area contributed by atoms with Crippen LogP contribution < -0.4 is 0 Å². The topological polar surface area (TPSA) is 42.1 Å². The van der Waals surface area contributed by atoms with Crippen LogP contribution in [-0.2, 0) is 9.53 Å². The Kier molecular flexibility index (Phi) is 3.74. The zero-order valence-corrected chi connectivity index (χ0v) is 8.91. The van der Waals surface area contributed by atoms with E-state index in [9.17, 15) is 4.79 Å². The molecule has 0 spiro atoms. The van der Waals surface area contributed by atoms with E-state index >= 15 is 0 Å². The number of aromatic nitrogens is 1. The maximum absolute atomic E-state index is 11.3. The monoisotopic (exact) mass is 195 g/mol. The zero-order chi connectivity index (χ0) is 10.6. The highest BCUT2D eigenvalue weighted by molar-refractivity contribution is 5.69. The molecule has 14 heavy (non-hydrogen) atoms. The predicted octanol–water partition coefficient (Wildman–Crippen LogP) is 2.67. The standard InChI is InChI=1S/C11H17NO2/c1-8(2)7-11(13)14-9(3)10-5-4-6-12-10/h4-6,8-9,12H,7H2,1-3H3. The van der Waals surface area contributed by atoms with Gasteiger partial charge < -0.3 is 9.72 Å². The summed E-state index contributed by atoms with van der Waals surface area (Å²) >= 11 is 0. The van der Waals surface area contributed by atoms with Crippen LogP contribution in [0.1, 0.15) is 39.0 Å². The van der Waals surface area contributed by atoms with Crippen molar-refractivity contribution in [2.45, 2.75) is 33.3 Å². The normalized spacial score (nSPS) is 12.9. The molecular formula is C11H17NO2. The fourth-order valence-electron chi connectivity index (χ4n) is 1.24. The van der Waals surface area contributed by atoms with Gasteiger partial charge in [-0.25, -0.2) is 0 Å². The van der Waals surface area contributed by atoms with Crippen LogP contribution in [0.25, 0.3) is 0 Å². The molecule has 0 aliphatic rings. The zero-order valence-electron chi connectivity index (χ0n) is 8.91. The van der Waals surface area contributed by atoms with Crippen LogP contribution in [0.15, 0.2) is 18.3 Å². The summed E-state index contributed by atoms with van der Waals surface area (Å²) in [5, 5.41) is 0. The Bertz CT molecular complexity index is 277. The summed E-state index contributed by atoms with van der Waals surface area (Å²) in [6.45, 7) is 5.87. The molecule has 0 fully saturated rings. The first-order valence-corrected chi connectivity index (χ1v) is 4.92. The van der Waals surface area contributed by atoms with Crippen LogP contribution in [0.3, 0.4) is 0 Å². The lowest BCUT2D eigenvalue weighted by molar-refractivity contribution is -0.149. The van der Waals surface area contributed by atoms with E-state index in [-0.39, 0.29) is 12.1 Å². The Morgan fingerprint density at radius 3 is 2.71 bits per heavy atom. The van der Waals surface area contributed by atoms with Crippen LogP contribution >= 0.6 is 0 Å². The summed E-state index contributed by atoms with van der Waals surface area (Å²) in [6, 6.07) is 3.80. The van der Waals surface area contributed by atoms with Crippen LogP contribution in [0.5, 0.6) is 0 Å². The van der Waals surface area contributed by atoms with Gasteiger partial charge in [0.2, 0.25) is 0 Å². The van der Waals surface area contributed by atoms with Crippen LogP contribution in [0.4, 0.5) is 0 Å². The van der Waals surface area contributed by atoms with Gasteiger partial charge in [-0.05, 0) is 25.0 Å². The maximum atomic E-state index is 11.3. The minimum absolute atomic E-state index is 0.137. The highest BCUT2D eigenvalue weighted by Crippen LogP contribution is 2.15. The number of hydrogen-bond donors (Lipinski definition) is 1. The van der Waals surface area contributed by atoms with E-state index in [4.69, 9.17) is 4.74 Å². The second kappa shape index (κ2) is 4.84. The number of carbonyl (C=O) groups is 1. The molecule has 1 unspecified atom stereocenters. The SMILES string of the molecule is CC(C)CC(=O)OC(C)c1ccc[nH]1. The molecule has 0 radical (unpaired) electrons. The average molecular weight is 195 g/mol. The third-order valence-corrected chi connectivity index (χ3v) is 1.94. The molecule has 1 aromatic rings. The van der Waals surface area contributed by atoms with Gasteiger partial charge in [0.1, 0.15) is 6.10 Å². The number of nitrogens with one attached hydrogen (secondary N) is 1. The van der Waals surface area contributed by atoms with E-state index in [1.54, 1.807) is 0 Å².